The topological polar surface area (TPSA) is 45.7 Å². The van der Waals surface area contributed by atoms with Crippen molar-refractivity contribution < 1.29 is 13.5 Å². The lowest BCUT2D eigenvalue weighted by Gasteiger charge is -2.12. The van der Waals surface area contributed by atoms with Crippen LogP contribution in [0.1, 0.15) is 11.1 Å². The molecule has 2 rings (SSSR count). The minimum atomic E-state index is -0.567. The Balaban J connectivity index is 1.62. The first-order valence-electron chi connectivity index (χ1n) is 8.19. The number of nitrogens with zero attached hydrogens (tertiary/aromatic N) is 1. The zero-order chi connectivity index (χ0) is 17.9. The van der Waals surface area contributed by atoms with Gasteiger partial charge in [-0.1, -0.05) is 36.4 Å². The molecule has 0 amide bonds. The van der Waals surface area contributed by atoms with Gasteiger partial charge in [0.2, 0.25) is 0 Å². The monoisotopic (exact) mass is 347 g/mol. The summed E-state index contributed by atoms with van der Waals surface area (Å²) in [5.41, 5.74) is 1.60. The lowest BCUT2D eigenvalue weighted by Crippen LogP contribution is -2.39. The highest BCUT2D eigenvalue weighted by atomic mass is 19.1. The highest BCUT2D eigenvalue weighted by Crippen LogP contribution is 2.09. The molecule has 134 valence electrons. The van der Waals surface area contributed by atoms with Gasteiger partial charge < -0.3 is 15.4 Å². The van der Waals surface area contributed by atoms with Gasteiger partial charge in [-0.25, -0.2) is 8.78 Å². The third kappa shape index (κ3) is 6.89. The number of hydrogen-bond acceptors (Lipinski definition) is 2. The molecule has 0 saturated carbocycles. The lowest BCUT2D eigenvalue weighted by atomic mass is 10.1. The van der Waals surface area contributed by atoms with Crippen molar-refractivity contribution in [2.75, 3.05) is 26.7 Å². The van der Waals surface area contributed by atoms with E-state index in [4.69, 9.17) is 4.74 Å². The van der Waals surface area contributed by atoms with E-state index < -0.39 is 11.6 Å². The first kappa shape index (κ1) is 18.9. The van der Waals surface area contributed by atoms with Crippen molar-refractivity contribution in [3.8, 4) is 0 Å². The van der Waals surface area contributed by atoms with E-state index >= 15 is 0 Å². The van der Waals surface area contributed by atoms with Crippen LogP contribution >= 0.6 is 0 Å². The van der Waals surface area contributed by atoms with Crippen LogP contribution in [0.25, 0.3) is 0 Å². The third-order valence-electron chi connectivity index (χ3n) is 3.58. The average molecular weight is 347 g/mol. The maximum absolute atomic E-state index is 13.6. The van der Waals surface area contributed by atoms with E-state index in [2.05, 4.69) is 15.6 Å². The van der Waals surface area contributed by atoms with Crippen molar-refractivity contribution in [1.82, 2.24) is 10.6 Å². The smallest absolute Gasteiger partial charge is 0.191 e. The van der Waals surface area contributed by atoms with Crippen molar-refractivity contribution >= 4 is 5.96 Å². The first-order chi connectivity index (χ1) is 12.2. The number of ether oxygens (including phenoxy) is 1. The summed E-state index contributed by atoms with van der Waals surface area (Å²) in [7, 11) is 1.67. The number of halogens is 2. The summed E-state index contributed by atoms with van der Waals surface area (Å²) in [6, 6.07) is 13.6. The zero-order valence-corrected chi connectivity index (χ0v) is 14.3. The molecular formula is C19H23F2N3O. The second-order valence-corrected chi connectivity index (χ2v) is 5.45. The highest BCUT2D eigenvalue weighted by molar-refractivity contribution is 5.79. The SMILES string of the molecule is CN=C(NCCOCc1ccccc1)NCCc1ccc(F)cc1F. The van der Waals surface area contributed by atoms with Crippen molar-refractivity contribution in [2.45, 2.75) is 13.0 Å². The van der Waals surface area contributed by atoms with E-state index in [0.29, 0.717) is 44.2 Å². The van der Waals surface area contributed by atoms with Crippen molar-refractivity contribution in [3.05, 3.63) is 71.3 Å². The van der Waals surface area contributed by atoms with Crippen LogP contribution in [0.5, 0.6) is 0 Å². The van der Waals surface area contributed by atoms with Crippen LogP contribution in [0.2, 0.25) is 0 Å². The predicted molar refractivity (Wildman–Crippen MR) is 95.5 cm³/mol. The van der Waals surface area contributed by atoms with Crippen LogP contribution in [0.3, 0.4) is 0 Å². The molecule has 4 nitrogen and oxygen atoms in total. The quantitative estimate of drug-likeness (QED) is 0.438. The molecule has 0 aliphatic carbocycles. The van der Waals surface area contributed by atoms with Crippen LogP contribution in [-0.4, -0.2) is 32.7 Å². The van der Waals surface area contributed by atoms with Gasteiger partial charge in [0, 0.05) is 26.2 Å². The zero-order valence-electron chi connectivity index (χ0n) is 14.3. The molecule has 0 spiro atoms. The Kier molecular flexibility index (Phi) is 7.85. The number of guanidine groups is 1. The summed E-state index contributed by atoms with van der Waals surface area (Å²) < 4.78 is 32.0. The first-order valence-corrected chi connectivity index (χ1v) is 8.19. The Morgan fingerprint density at radius 3 is 2.52 bits per heavy atom. The van der Waals surface area contributed by atoms with Gasteiger partial charge in [0.25, 0.3) is 0 Å². The molecule has 2 aromatic rings. The van der Waals surface area contributed by atoms with Crippen LogP contribution in [0.15, 0.2) is 53.5 Å². The van der Waals surface area contributed by atoms with Gasteiger partial charge in [-0.15, -0.1) is 0 Å². The summed E-state index contributed by atoms with van der Waals surface area (Å²) in [6.45, 7) is 2.21. The standard InChI is InChI=1S/C19H23F2N3O/c1-22-19(23-10-9-16-7-8-17(20)13-18(16)21)24-11-12-25-14-15-5-3-2-4-6-15/h2-8,13H,9-12,14H2,1H3,(H2,22,23,24). The summed E-state index contributed by atoms with van der Waals surface area (Å²) in [5.74, 6) is -0.480. The average Bonchev–Trinajstić information content (AvgIpc) is 2.62. The summed E-state index contributed by atoms with van der Waals surface area (Å²) in [6.07, 6.45) is 0.442. The molecule has 0 aliphatic heterocycles. The molecule has 0 heterocycles. The highest BCUT2D eigenvalue weighted by Gasteiger charge is 2.04. The van der Waals surface area contributed by atoms with Crippen LogP contribution in [-0.2, 0) is 17.8 Å². The molecule has 0 unspecified atom stereocenters. The van der Waals surface area contributed by atoms with Gasteiger partial charge in [-0.2, -0.15) is 0 Å². The Morgan fingerprint density at radius 1 is 1.04 bits per heavy atom. The lowest BCUT2D eigenvalue weighted by molar-refractivity contribution is 0.125. The molecule has 0 aliphatic rings. The molecule has 0 bridgehead atoms. The van der Waals surface area contributed by atoms with E-state index in [1.807, 2.05) is 30.3 Å². The van der Waals surface area contributed by atoms with E-state index in [0.717, 1.165) is 11.6 Å². The molecular weight excluding hydrogens is 324 g/mol. The van der Waals surface area contributed by atoms with Crippen molar-refractivity contribution in [3.63, 3.8) is 0 Å². The molecule has 0 saturated heterocycles. The summed E-state index contributed by atoms with van der Waals surface area (Å²) in [5, 5.41) is 6.22. The largest absolute Gasteiger partial charge is 0.375 e. The molecule has 25 heavy (non-hydrogen) atoms. The van der Waals surface area contributed by atoms with Crippen molar-refractivity contribution in [2.24, 2.45) is 4.99 Å². The molecule has 6 heteroatoms. The van der Waals surface area contributed by atoms with E-state index in [9.17, 15) is 8.78 Å². The minimum Gasteiger partial charge on any atom is -0.375 e. The fourth-order valence-electron chi connectivity index (χ4n) is 2.27. The normalized spacial score (nSPS) is 11.4. The van der Waals surface area contributed by atoms with Crippen LogP contribution in [0.4, 0.5) is 8.78 Å². The number of nitrogens with one attached hydrogen (secondary N) is 2. The molecule has 2 N–H and O–H groups in total. The molecule has 0 fully saturated rings. The Hall–Kier alpha value is -2.47. The Morgan fingerprint density at radius 2 is 1.80 bits per heavy atom. The molecule has 0 radical (unpaired) electrons. The second kappa shape index (κ2) is 10.4. The van der Waals surface area contributed by atoms with Crippen LogP contribution in [0, 0.1) is 11.6 Å². The van der Waals surface area contributed by atoms with Crippen molar-refractivity contribution in [1.29, 1.82) is 0 Å². The fraction of sp³-hybridized carbons (Fsp3) is 0.316. The van der Waals surface area contributed by atoms with Gasteiger partial charge in [-0.3, -0.25) is 4.99 Å². The minimum absolute atomic E-state index is 0.442. The van der Waals surface area contributed by atoms with Gasteiger partial charge in [0.15, 0.2) is 5.96 Å². The maximum Gasteiger partial charge on any atom is 0.191 e. The number of benzene rings is 2. The van der Waals surface area contributed by atoms with E-state index in [1.54, 1.807) is 7.05 Å². The third-order valence-corrected chi connectivity index (χ3v) is 3.58. The maximum atomic E-state index is 13.6. The van der Waals surface area contributed by atoms with E-state index in [1.165, 1.54) is 12.1 Å². The van der Waals surface area contributed by atoms with E-state index in [-0.39, 0.29) is 0 Å². The number of rotatable bonds is 8. The van der Waals surface area contributed by atoms with Gasteiger partial charge in [-0.05, 0) is 23.6 Å². The van der Waals surface area contributed by atoms with Gasteiger partial charge in [0.1, 0.15) is 11.6 Å². The van der Waals surface area contributed by atoms with Gasteiger partial charge >= 0.3 is 0 Å². The predicted octanol–water partition coefficient (Wildman–Crippen LogP) is 2.89. The summed E-state index contributed by atoms with van der Waals surface area (Å²) >= 11 is 0. The Bertz CT molecular complexity index is 678. The molecule has 0 aromatic heterocycles. The molecule has 0 atom stereocenters. The summed E-state index contributed by atoms with van der Waals surface area (Å²) in [4.78, 5) is 4.10. The van der Waals surface area contributed by atoms with Crippen LogP contribution < -0.4 is 10.6 Å². The fourth-order valence-corrected chi connectivity index (χ4v) is 2.27. The second-order valence-electron chi connectivity index (χ2n) is 5.45. The van der Waals surface area contributed by atoms with Gasteiger partial charge in [0.05, 0.1) is 13.2 Å². The molecule has 2 aromatic carbocycles. The number of aliphatic imine (C=N–C) groups is 1. The Labute approximate surface area is 146 Å². The number of hydrogen-bond donors (Lipinski definition) is 2.